The second kappa shape index (κ2) is 14.8. The molecule has 0 aliphatic heterocycles. The van der Waals surface area contributed by atoms with Crippen LogP contribution in [0.15, 0.2) is 103 Å². The van der Waals surface area contributed by atoms with Crippen LogP contribution in [-0.4, -0.2) is 44.0 Å². The molecule has 0 saturated heterocycles. The van der Waals surface area contributed by atoms with Gasteiger partial charge in [-0.05, 0) is 54.4 Å². The predicted octanol–water partition coefficient (Wildman–Crippen LogP) is 6.49. The number of ether oxygens (including phenoxy) is 2. The van der Waals surface area contributed by atoms with Gasteiger partial charge < -0.3 is 19.7 Å². The van der Waals surface area contributed by atoms with Gasteiger partial charge in [0.1, 0.15) is 18.4 Å². The van der Waals surface area contributed by atoms with E-state index in [1.807, 2.05) is 93.6 Å². The van der Waals surface area contributed by atoms with E-state index in [2.05, 4.69) is 5.32 Å². The van der Waals surface area contributed by atoms with Crippen LogP contribution in [0.4, 0.5) is 11.4 Å². The lowest BCUT2D eigenvalue weighted by molar-refractivity contribution is -0.141. The largest absolute Gasteiger partial charge is 0.492 e. The molecule has 0 heterocycles. The highest BCUT2D eigenvalue weighted by Gasteiger charge is 2.23. The number of nitrogens with one attached hydrogen (secondary N) is 1. The number of carbonyl (C=O) groups excluding carboxylic acids is 3. The Labute approximate surface area is 253 Å². The van der Waals surface area contributed by atoms with Crippen molar-refractivity contribution in [2.75, 3.05) is 30.5 Å². The molecule has 0 aromatic heterocycles. The van der Waals surface area contributed by atoms with Crippen LogP contribution in [0.3, 0.4) is 0 Å². The average molecular weight is 579 g/mol. The standard InChI is InChI=1S/C36H38N2O5/c1-25(2)35(40)38(29-14-10-11-26(3)23-29)21-22-43-30-19-17-27(18-20-30)24-33(36(41)42-4)37-32-16-9-8-15-31(32)34(39)28-12-6-5-7-13-28/h5-20,23,25,33,37H,21-22,24H2,1-4H3. The zero-order valence-corrected chi connectivity index (χ0v) is 25.1. The van der Waals surface area contributed by atoms with Gasteiger partial charge in [-0.1, -0.05) is 80.6 Å². The number of hydrogen-bond donors (Lipinski definition) is 1. The molecule has 7 heteroatoms. The van der Waals surface area contributed by atoms with Gasteiger partial charge >= 0.3 is 5.97 Å². The van der Waals surface area contributed by atoms with Gasteiger partial charge in [0.25, 0.3) is 0 Å². The van der Waals surface area contributed by atoms with Gasteiger partial charge in [-0.25, -0.2) is 4.79 Å². The van der Waals surface area contributed by atoms with Crippen molar-refractivity contribution in [2.45, 2.75) is 33.2 Å². The van der Waals surface area contributed by atoms with Crippen molar-refractivity contribution in [3.8, 4) is 5.75 Å². The van der Waals surface area contributed by atoms with Crippen molar-refractivity contribution in [3.63, 3.8) is 0 Å². The van der Waals surface area contributed by atoms with Gasteiger partial charge in [-0.2, -0.15) is 0 Å². The molecular formula is C36H38N2O5. The highest BCUT2D eigenvalue weighted by atomic mass is 16.5. The predicted molar refractivity (Wildman–Crippen MR) is 170 cm³/mol. The van der Waals surface area contributed by atoms with E-state index in [0.29, 0.717) is 42.1 Å². The van der Waals surface area contributed by atoms with E-state index in [1.165, 1.54) is 7.11 Å². The Kier molecular flexibility index (Phi) is 10.7. The van der Waals surface area contributed by atoms with Crippen LogP contribution >= 0.6 is 0 Å². The molecule has 222 valence electrons. The lowest BCUT2D eigenvalue weighted by atomic mass is 10.00. The summed E-state index contributed by atoms with van der Waals surface area (Å²) in [6.07, 6.45) is 0.338. The van der Waals surface area contributed by atoms with Gasteiger partial charge in [-0.15, -0.1) is 0 Å². The van der Waals surface area contributed by atoms with Gasteiger partial charge in [0.05, 0.1) is 13.7 Å². The fraction of sp³-hybridized carbons (Fsp3) is 0.250. The summed E-state index contributed by atoms with van der Waals surface area (Å²) in [7, 11) is 1.35. The molecule has 4 aromatic carbocycles. The number of methoxy groups -OCH3 is 1. The summed E-state index contributed by atoms with van der Waals surface area (Å²) < 4.78 is 11.1. The van der Waals surface area contributed by atoms with Gasteiger partial charge in [0, 0.05) is 34.8 Å². The van der Waals surface area contributed by atoms with E-state index < -0.39 is 12.0 Å². The number of aryl methyl sites for hydroxylation is 1. The van der Waals surface area contributed by atoms with E-state index >= 15 is 0 Å². The minimum atomic E-state index is -0.716. The van der Waals surface area contributed by atoms with Gasteiger partial charge in [0.2, 0.25) is 5.91 Å². The summed E-state index contributed by atoms with van der Waals surface area (Å²) in [5, 5.41) is 3.23. The van der Waals surface area contributed by atoms with E-state index in [-0.39, 0.29) is 17.6 Å². The fourth-order valence-corrected chi connectivity index (χ4v) is 4.76. The Balaban J connectivity index is 1.42. The molecule has 0 spiro atoms. The Morgan fingerprint density at radius 1 is 0.837 bits per heavy atom. The molecule has 0 saturated carbocycles. The zero-order chi connectivity index (χ0) is 30.8. The number of carbonyl (C=O) groups is 3. The molecule has 1 N–H and O–H groups in total. The summed E-state index contributed by atoms with van der Waals surface area (Å²) >= 11 is 0. The molecule has 0 bridgehead atoms. The monoisotopic (exact) mass is 578 g/mol. The topological polar surface area (TPSA) is 84.9 Å². The third kappa shape index (κ3) is 8.32. The molecule has 1 unspecified atom stereocenters. The van der Waals surface area contributed by atoms with E-state index in [9.17, 15) is 14.4 Å². The second-order valence-corrected chi connectivity index (χ2v) is 10.6. The number of nitrogens with zero attached hydrogens (tertiary/aromatic N) is 1. The van der Waals surface area contributed by atoms with Crippen LogP contribution in [0.25, 0.3) is 0 Å². The molecular weight excluding hydrogens is 540 g/mol. The third-order valence-electron chi connectivity index (χ3n) is 7.04. The highest BCUT2D eigenvalue weighted by molar-refractivity contribution is 6.12. The maximum absolute atomic E-state index is 13.2. The Hall–Kier alpha value is -4.91. The lowest BCUT2D eigenvalue weighted by Gasteiger charge is -2.25. The molecule has 7 nitrogen and oxygen atoms in total. The molecule has 0 aliphatic carbocycles. The normalized spacial score (nSPS) is 11.5. The van der Waals surface area contributed by atoms with Crippen LogP contribution < -0.4 is 15.0 Å². The average Bonchev–Trinajstić information content (AvgIpc) is 3.03. The van der Waals surface area contributed by atoms with Gasteiger partial charge in [0.15, 0.2) is 5.78 Å². The maximum atomic E-state index is 13.2. The SMILES string of the molecule is COC(=O)C(Cc1ccc(OCCN(C(=O)C(C)C)c2cccc(C)c2)cc1)Nc1ccccc1C(=O)c1ccccc1. The Morgan fingerprint density at radius 2 is 1.53 bits per heavy atom. The van der Waals surface area contributed by atoms with E-state index in [1.54, 1.807) is 35.2 Å². The van der Waals surface area contributed by atoms with Crippen molar-refractivity contribution in [3.05, 3.63) is 125 Å². The first-order valence-electron chi connectivity index (χ1n) is 14.4. The second-order valence-electron chi connectivity index (χ2n) is 10.6. The molecule has 0 radical (unpaired) electrons. The summed E-state index contributed by atoms with van der Waals surface area (Å²) in [5.74, 6) is -0.0120. The first-order chi connectivity index (χ1) is 20.8. The Morgan fingerprint density at radius 3 is 2.21 bits per heavy atom. The van der Waals surface area contributed by atoms with Crippen molar-refractivity contribution in [1.29, 1.82) is 0 Å². The lowest BCUT2D eigenvalue weighted by Crippen LogP contribution is -2.37. The number of rotatable bonds is 13. The number of ketones is 1. The third-order valence-corrected chi connectivity index (χ3v) is 7.04. The molecule has 4 aromatic rings. The molecule has 4 rings (SSSR count). The molecule has 0 fully saturated rings. The Bertz CT molecular complexity index is 1530. The zero-order valence-electron chi connectivity index (χ0n) is 25.1. The van der Waals surface area contributed by atoms with Crippen LogP contribution in [0.2, 0.25) is 0 Å². The minimum Gasteiger partial charge on any atom is -0.492 e. The van der Waals surface area contributed by atoms with Crippen LogP contribution in [0.1, 0.15) is 40.9 Å². The summed E-state index contributed by atoms with van der Waals surface area (Å²) in [6.45, 7) is 6.52. The molecule has 0 aliphatic rings. The van der Waals surface area contributed by atoms with Crippen LogP contribution in [-0.2, 0) is 20.7 Å². The maximum Gasteiger partial charge on any atom is 0.328 e. The summed E-state index contributed by atoms with van der Waals surface area (Å²) in [6, 6.07) is 30.8. The smallest absolute Gasteiger partial charge is 0.328 e. The number of amides is 1. The highest BCUT2D eigenvalue weighted by Crippen LogP contribution is 2.23. The molecule has 43 heavy (non-hydrogen) atoms. The van der Waals surface area contributed by atoms with Crippen molar-refractivity contribution in [1.82, 2.24) is 0 Å². The summed E-state index contributed by atoms with van der Waals surface area (Å²) in [4.78, 5) is 40.6. The molecule has 1 atom stereocenters. The summed E-state index contributed by atoms with van der Waals surface area (Å²) in [5.41, 5.74) is 4.42. The van der Waals surface area contributed by atoms with Crippen molar-refractivity contribution in [2.24, 2.45) is 5.92 Å². The number of benzene rings is 4. The first-order valence-corrected chi connectivity index (χ1v) is 14.4. The fourth-order valence-electron chi connectivity index (χ4n) is 4.76. The van der Waals surface area contributed by atoms with Gasteiger partial charge in [-0.3, -0.25) is 9.59 Å². The number of hydrogen-bond acceptors (Lipinski definition) is 6. The van der Waals surface area contributed by atoms with Crippen molar-refractivity contribution < 1.29 is 23.9 Å². The van der Waals surface area contributed by atoms with E-state index in [0.717, 1.165) is 16.8 Å². The van der Waals surface area contributed by atoms with Crippen LogP contribution in [0, 0.1) is 12.8 Å². The quantitative estimate of drug-likeness (QED) is 0.144. The first kappa shape index (κ1) is 31.0. The number of anilines is 2. The van der Waals surface area contributed by atoms with Crippen molar-refractivity contribution >= 4 is 29.0 Å². The number of esters is 1. The van der Waals surface area contributed by atoms with E-state index in [4.69, 9.17) is 9.47 Å². The molecule has 1 amide bonds. The number of para-hydroxylation sites is 1. The van der Waals surface area contributed by atoms with Crippen LogP contribution in [0.5, 0.6) is 5.75 Å². The minimum absolute atomic E-state index is 0.0398.